The SMILES string of the molecule is CC(C)OCC(O)CNc1c(F)c(F)c(F)c(F)c1F. The summed E-state index contributed by atoms with van der Waals surface area (Å²) in [4.78, 5) is 0. The molecular weight excluding hydrogens is 285 g/mol. The number of aliphatic hydroxyl groups is 1. The largest absolute Gasteiger partial charge is 0.389 e. The molecule has 2 N–H and O–H groups in total. The molecule has 0 aliphatic rings. The number of nitrogens with one attached hydrogen (secondary N) is 1. The third kappa shape index (κ3) is 3.80. The van der Waals surface area contributed by atoms with Gasteiger partial charge in [-0.05, 0) is 13.8 Å². The third-order valence-corrected chi connectivity index (χ3v) is 2.35. The van der Waals surface area contributed by atoms with E-state index in [-0.39, 0.29) is 12.7 Å². The Labute approximate surface area is 112 Å². The van der Waals surface area contributed by atoms with Crippen LogP contribution in [0.15, 0.2) is 0 Å². The van der Waals surface area contributed by atoms with E-state index >= 15 is 0 Å². The Morgan fingerprint density at radius 3 is 1.85 bits per heavy atom. The zero-order chi connectivity index (χ0) is 15.4. The molecule has 0 aliphatic heterocycles. The van der Waals surface area contributed by atoms with Crippen molar-refractivity contribution in [3.05, 3.63) is 29.1 Å². The summed E-state index contributed by atoms with van der Waals surface area (Å²) in [5, 5.41) is 11.4. The lowest BCUT2D eigenvalue weighted by atomic mass is 10.2. The Kier molecular flexibility index (Phi) is 5.70. The number of aliphatic hydroxyl groups excluding tert-OH is 1. The molecule has 0 fully saturated rings. The van der Waals surface area contributed by atoms with Crippen LogP contribution < -0.4 is 5.32 Å². The highest BCUT2D eigenvalue weighted by Crippen LogP contribution is 2.26. The molecule has 0 saturated heterocycles. The highest BCUT2D eigenvalue weighted by atomic mass is 19.2. The van der Waals surface area contributed by atoms with E-state index in [1.807, 2.05) is 5.32 Å². The zero-order valence-electron chi connectivity index (χ0n) is 10.8. The molecule has 114 valence electrons. The van der Waals surface area contributed by atoms with Gasteiger partial charge in [-0.3, -0.25) is 0 Å². The van der Waals surface area contributed by atoms with Gasteiger partial charge in [0.2, 0.25) is 5.82 Å². The van der Waals surface area contributed by atoms with Gasteiger partial charge in [-0.1, -0.05) is 0 Å². The highest BCUT2D eigenvalue weighted by Gasteiger charge is 2.25. The molecule has 1 aromatic carbocycles. The topological polar surface area (TPSA) is 41.5 Å². The lowest BCUT2D eigenvalue weighted by Gasteiger charge is -2.16. The Hall–Kier alpha value is -1.41. The summed E-state index contributed by atoms with van der Waals surface area (Å²) in [7, 11) is 0. The predicted molar refractivity (Wildman–Crippen MR) is 61.8 cm³/mol. The van der Waals surface area contributed by atoms with Crippen LogP contribution in [0.5, 0.6) is 0 Å². The Morgan fingerprint density at radius 1 is 0.950 bits per heavy atom. The van der Waals surface area contributed by atoms with Crippen LogP contribution in [-0.2, 0) is 4.74 Å². The number of halogens is 5. The second kappa shape index (κ2) is 6.85. The fourth-order valence-electron chi connectivity index (χ4n) is 1.34. The first-order valence-corrected chi connectivity index (χ1v) is 5.80. The standard InChI is InChI=1S/C12H14F5NO2/c1-5(2)20-4-6(19)3-18-12-10(16)8(14)7(13)9(15)11(12)17/h5-6,18-19H,3-4H2,1-2H3. The van der Waals surface area contributed by atoms with Gasteiger partial charge in [-0.2, -0.15) is 0 Å². The van der Waals surface area contributed by atoms with Crippen LogP contribution in [0.2, 0.25) is 0 Å². The smallest absolute Gasteiger partial charge is 0.200 e. The summed E-state index contributed by atoms with van der Waals surface area (Å²) in [6.07, 6.45) is -1.33. The zero-order valence-corrected chi connectivity index (χ0v) is 10.8. The van der Waals surface area contributed by atoms with Crippen LogP contribution in [0.1, 0.15) is 13.8 Å². The Bertz CT molecular complexity index is 452. The maximum Gasteiger partial charge on any atom is 0.200 e. The van der Waals surface area contributed by atoms with E-state index in [0.717, 1.165) is 0 Å². The average molecular weight is 299 g/mol. The molecule has 1 aromatic rings. The molecule has 0 saturated carbocycles. The summed E-state index contributed by atoms with van der Waals surface area (Å²) < 4.78 is 70.1. The van der Waals surface area contributed by atoms with E-state index in [0.29, 0.717) is 0 Å². The lowest BCUT2D eigenvalue weighted by Crippen LogP contribution is -2.27. The summed E-state index contributed by atoms with van der Waals surface area (Å²) in [6.45, 7) is 2.86. The van der Waals surface area contributed by atoms with Crippen molar-refractivity contribution < 1.29 is 31.8 Å². The van der Waals surface area contributed by atoms with E-state index < -0.39 is 47.4 Å². The molecule has 0 radical (unpaired) electrons. The molecule has 1 unspecified atom stereocenters. The van der Waals surface area contributed by atoms with Gasteiger partial charge in [0.15, 0.2) is 23.3 Å². The molecule has 0 aliphatic carbocycles. The Balaban J connectivity index is 2.78. The first kappa shape index (κ1) is 16.6. The van der Waals surface area contributed by atoms with Crippen molar-refractivity contribution in [2.24, 2.45) is 0 Å². The molecule has 1 rings (SSSR count). The summed E-state index contributed by atoms with van der Waals surface area (Å²) in [5.41, 5.74) is -1.18. The van der Waals surface area contributed by atoms with Crippen molar-refractivity contribution in [3.8, 4) is 0 Å². The number of hydrogen-bond donors (Lipinski definition) is 2. The van der Waals surface area contributed by atoms with Gasteiger partial charge in [0.25, 0.3) is 0 Å². The number of anilines is 1. The first-order valence-electron chi connectivity index (χ1n) is 5.80. The molecule has 3 nitrogen and oxygen atoms in total. The van der Waals surface area contributed by atoms with Gasteiger partial charge < -0.3 is 15.2 Å². The quantitative estimate of drug-likeness (QED) is 0.482. The fraction of sp³-hybridized carbons (Fsp3) is 0.500. The normalized spacial score (nSPS) is 12.8. The fourth-order valence-corrected chi connectivity index (χ4v) is 1.34. The highest BCUT2D eigenvalue weighted by molar-refractivity contribution is 5.47. The maximum absolute atomic E-state index is 13.3. The van der Waals surface area contributed by atoms with Gasteiger partial charge >= 0.3 is 0 Å². The van der Waals surface area contributed by atoms with Crippen molar-refractivity contribution in [3.63, 3.8) is 0 Å². The van der Waals surface area contributed by atoms with E-state index in [1.54, 1.807) is 13.8 Å². The second-order valence-electron chi connectivity index (χ2n) is 4.36. The van der Waals surface area contributed by atoms with Gasteiger partial charge in [0.05, 0.1) is 18.8 Å². The van der Waals surface area contributed by atoms with Crippen LogP contribution in [0, 0.1) is 29.1 Å². The van der Waals surface area contributed by atoms with Crippen LogP contribution in [0.25, 0.3) is 0 Å². The summed E-state index contributed by atoms with van der Waals surface area (Å²) >= 11 is 0. The number of hydrogen-bond acceptors (Lipinski definition) is 3. The minimum absolute atomic E-state index is 0.139. The van der Waals surface area contributed by atoms with E-state index in [4.69, 9.17) is 4.74 Å². The molecule has 0 bridgehead atoms. The number of ether oxygens (including phenoxy) is 1. The van der Waals surface area contributed by atoms with Crippen LogP contribution >= 0.6 is 0 Å². The molecule has 8 heteroatoms. The summed E-state index contributed by atoms with van der Waals surface area (Å²) in [5.74, 6) is -10.3. The van der Waals surface area contributed by atoms with Gasteiger partial charge in [-0.25, -0.2) is 22.0 Å². The molecule has 20 heavy (non-hydrogen) atoms. The summed E-state index contributed by atoms with van der Waals surface area (Å²) in [6, 6.07) is 0. The van der Waals surface area contributed by atoms with Gasteiger partial charge in [0, 0.05) is 6.54 Å². The van der Waals surface area contributed by atoms with Crippen molar-refractivity contribution >= 4 is 5.69 Å². The van der Waals surface area contributed by atoms with Gasteiger partial charge in [-0.15, -0.1) is 0 Å². The molecule has 1 atom stereocenters. The van der Waals surface area contributed by atoms with Crippen LogP contribution in [0.3, 0.4) is 0 Å². The first-order chi connectivity index (χ1) is 9.25. The van der Waals surface area contributed by atoms with Crippen molar-refractivity contribution in [1.29, 1.82) is 0 Å². The minimum Gasteiger partial charge on any atom is -0.389 e. The molecule has 0 aromatic heterocycles. The molecular formula is C12H14F5NO2. The monoisotopic (exact) mass is 299 g/mol. The van der Waals surface area contributed by atoms with Crippen LogP contribution in [0.4, 0.5) is 27.6 Å². The molecule has 0 amide bonds. The van der Waals surface area contributed by atoms with Crippen molar-refractivity contribution in [1.82, 2.24) is 0 Å². The molecule has 0 heterocycles. The van der Waals surface area contributed by atoms with Crippen molar-refractivity contribution in [2.75, 3.05) is 18.5 Å². The predicted octanol–water partition coefficient (Wildman–Crippen LogP) is 2.58. The van der Waals surface area contributed by atoms with E-state index in [2.05, 4.69) is 0 Å². The van der Waals surface area contributed by atoms with Crippen molar-refractivity contribution in [2.45, 2.75) is 26.1 Å². The van der Waals surface area contributed by atoms with Gasteiger partial charge in [0.1, 0.15) is 5.69 Å². The van der Waals surface area contributed by atoms with Crippen LogP contribution in [-0.4, -0.2) is 30.5 Å². The third-order valence-electron chi connectivity index (χ3n) is 2.35. The average Bonchev–Trinajstić information content (AvgIpc) is 2.40. The van der Waals surface area contributed by atoms with E-state index in [9.17, 15) is 27.1 Å². The number of benzene rings is 1. The second-order valence-corrected chi connectivity index (χ2v) is 4.36. The van der Waals surface area contributed by atoms with E-state index in [1.165, 1.54) is 0 Å². The number of rotatable bonds is 6. The lowest BCUT2D eigenvalue weighted by molar-refractivity contribution is 0.0111. The minimum atomic E-state index is -2.23. The maximum atomic E-state index is 13.3. The molecule has 0 spiro atoms. The Morgan fingerprint density at radius 2 is 1.40 bits per heavy atom.